The lowest BCUT2D eigenvalue weighted by molar-refractivity contribution is -0.274. The number of nitrogens with zero attached hydrogens (tertiary/aromatic N) is 3. The molecule has 3 heterocycles. The van der Waals surface area contributed by atoms with E-state index in [2.05, 4.69) is 14.7 Å². The van der Waals surface area contributed by atoms with Crippen molar-refractivity contribution in [3.8, 4) is 17.5 Å². The predicted molar refractivity (Wildman–Crippen MR) is 115 cm³/mol. The van der Waals surface area contributed by atoms with Gasteiger partial charge in [-0.2, -0.15) is 4.98 Å². The smallest absolute Gasteiger partial charge is 0.425 e. The van der Waals surface area contributed by atoms with Crippen molar-refractivity contribution in [3.05, 3.63) is 30.0 Å². The topological polar surface area (TPSA) is 106 Å². The Kier molecular flexibility index (Phi) is 7.45. The minimum atomic E-state index is -4.85. The molecule has 0 bridgehead atoms. The number of hydrogen-bond donors (Lipinski definition) is 1. The molecule has 1 aromatic heterocycles. The summed E-state index contributed by atoms with van der Waals surface area (Å²) in [6, 6.07) is 4.70. The van der Waals surface area contributed by atoms with Crippen molar-refractivity contribution in [1.29, 1.82) is 0 Å². The summed E-state index contributed by atoms with van der Waals surface area (Å²) in [7, 11) is 1.48. The molecule has 1 atom stereocenters. The summed E-state index contributed by atoms with van der Waals surface area (Å²) in [5.74, 6) is -1.23. The quantitative estimate of drug-likeness (QED) is 0.556. The van der Waals surface area contributed by atoms with E-state index in [1.807, 2.05) is 0 Å². The molecule has 0 aliphatic carbocycles. The van der Waals surface area contributed by atoms with Gasteiger partial charge >= 0.3 is 12.4 Å². The molecular weight excluding hydrogens is 473 g/mol. The van der Waals surface area contributed by atoms with Crippen LogP contribution in [0.4, 0.5) is 19.0 Å². The van der Waals surface area contributed by atoms with Crippen molar-refractivity contribution in [2.24, 2.45) is 0 Å². The molecule has 2 aliphatic rings. The molecule has 1 saturated heterocycles. The molecule has 1 aromatic carbocycles. The van der Waals surface area contributed by atoms with Gasteiger partial charge in [0, 0.05) is 26.3 Å². The number of benzene rings is 1. The van der Waals surface area contributed by atoms with E-state index < -0.39 is 18.0 Å². The van der Waals surface area contributed by atoms with E-state index in [0.29, 0.717) is 19.6 Å². The summed E-state index contributed by atoms with van der Waals surface area (Å²) < 4.78 is 58.0. The number of hydrogen-bond acceptors (Lipinski definition) is 7. The van der Waals surface area contributed by atoms with E-state index in [1.165, 1.54) is 29.0 Å². The van der Waals surface area contributed by atoms with Crippen LogP contribution in [0.3, 0.4) is 0 Å². The Labute approximate surface area is 198 Å². The van der Waals surface area contributed by atoms with Crippen LogP contribution in [-0.2, 0) is 14.3 Å². The van der Waals surface area contributed by atoms with Gasteiger partial charge in [-0.05, 0) is 37.8 Å². The molecule has 0 radical (unpaired) electrons. The van der Waals surface area contributed by atoms with Gasteiger partial charge in [0.25, 0.3) is 5.91 Å². The zero-order valence-corrected chi connectivity index (χ0v) is 19.0. The van der Waals surface area contributed by atoms with Crippen LogP contribution in [0.2, 0.25) is 0 Å². The molecule has 0 saturated carbocycles. The largest absolute Gasteiger partial charge is 0.573 e. The highest BCUT2D eigenvalue weighted by Gasteiger charge is 2.34. The molecule has 1 N–H and O–H groups in total. The molecule has 190 valence electrons. The average Bonchev–Trinajstić information content (AvgIpc) is 3.20. The number of carbonyl (C=O) groups excluding carboxylic acids is 2. The Morgan fingerprint density at radius 3 is 2.77 bits per heavy atom. The van der Waals surface area contributed by atoms with Crippen LogP contribution in [0.25, 0.3) is 0 Å². The number of aromatic nitrogens is 2. The first kappa shape index (κ1) is 24.8. The minimum absolute atomic E-state index is 0.00368. The summed E-state index contributed by atoms with van der Waals surface area (Å²) in [4.78, 5) is 35.2. The third kappa shape index (κ3) is 6.42. The van der Waals surface area contributed by atoms with Crippen molar-refractivity contribution in [2.75, 3.05) is 38.3 Å². The number of H-pyrrole nitrogens is 1. The van der Waals surface area contributed by atoms with Crippen LogP contribution in [0, 0.1) is 0 Å². The second kappa shape index (κ2) is 10.5. The van der Waals surface area contributed by atoms with E-state index in [1.54, 1.807) is 0 Å². The number of anilines is 1. The van der Waals surface area contributed by atoms with Crippen LogP contribution in [-0.4, -0.2) is 72.7 Å². The number of nitrogens with one attached hydrogen (secondary N) is 1. The van der Waals surface area contributed by atoms with E-state index in [-0.39, 0.29) is 48.6 Å². The van der Waals surface area contributed by atoms with Crippen LogP contribution in [0.5, 0.6) is 17.5 Å². The maximum atomic E-state index is 13.1. The fraction of sp³-hybridized carbons (Fsp3) is 0.500. The highest BCUT2D eigenvalue weighted by molar-refractivity contribution is 6.07. The van der Waals surface area contributed by atoms with Crippen LogP contribution in [0.1, 0.15) is 36.2 Å². The Hall–Kier alpha value is -3.32. The maximum Gasteiger partial charge on any atom is 0.573 e. The molecule has 13 heteroatoms. The van der Waals surface area contributed by atoms with Crippen molar-refractivity contribution in [3.63, 3.8) is 0 Å². The first-order chi connectivity index (χ1) is 16.7. The lowest BCUT2D eigenvalue weighted by Gasteiger charge is -2.24. The first-order valence-corrected chi connectivity index (χ1v) is 11.1. The maximum absolute atomic E-state index is 13.1. The van der Waals surface area contributed by atoms with E-state index >= 15 is 0 Å². The standard InChI is InChI=1S/C22H25F3N4O6/c1-28-16(30)13-29(9-5-11-33-17-8-2-3-10-32-17)20(31)18-19(28)27-21(26-18)34-14-6-4-7-15(12-14)35-22(23,24)25/h4,6-7,12,17H,2-3,5,8-11,13H2,1H3,(H,26,27). The number of ether oxygens (including phenoxy) is 4. The normalized spacial score (nSPS) is 18.9. The van der Waals surface area contributed by atoms with Crippen LogP contribution in [0.15, 0.2) is 24.3 Å². The number of likely N-dealkylation sites (N-methyl/N-ethyl adjacent to an activating group) is 1. The Morgan fingerprint density at radius 1 is 1.23 bits per heavy atom. The van der Waals surface area contributed by atoms with E-state index in [0.717, 1.165) is 31.4 Å². The van der Waals surface area contributed by atoms with E-state index in [4.69, 9.17) is 14.2 Å². The Balaban J connectivity index is 1.42. The molecule has 1 unspecified atom stereocenters. The lowest BCUT2D eigenvalue weighted by Crippen LogP contribution is -2.39. The third-order valence-corrected chi connectivity index (χ3v) is 5.45. The fourth-order valence-corrected chi connectivity index (χ4v) is 3.74. The van der Waals surface area contributed by atoms with Crippen molar-refractivity contribution < 1.29 is 41.7 Å². The fourth-order valence-electron chi connectivity index (χ4n) is 3.74. The highest BCUT2D eigenvalue weighted by atomic mass is 19.4. The van der Waals surface area contributed by atoms with Gasteiger partial charge < -0.3 is 28.8 Å². The van der Waals surface area contributed by atoms with Gasteiger partial charge in [0.05, 0.1) is 6.61 Å². The SMILES string of the molecule is CN1C(=O)CN(CCCOC2CCCCO2)C(=O)c2[nH]c(Oc3cccc(OC(F)(F)F)c3)nc21. The van der Waals surface area contributed by atoms with Gasteiger partial charge in [-0.25, -0.2) is 0 Å². The van der Waals surface area contributed by atoms with Gasteiger partial charge in [0.2, 0.25) is 5.91 Å². The summed E-state index contributed by atoms with van der Waals surface area (Å²) in [6.45, 7) is 1.19. The number of halogens is 3. The molecule has 10 nitrogen and oxygen atoms in total. The molecule has 0 spiro atoms. The minimum Gasteiger partial charge on any atom is -0.425 e. The first-order valence-electron chi connectivity index (χ1n) is 11.1. The van der Waals surface area contributed by atoms with Crippen LogP contribution < -0.4 is 14.4 Å². The average molecular weight is 498 g/mol. The number of aromatic amines is 1. The van der Waals surface area contributed by atoms with E-state index in [9.17, 15) is 22.8 Å². The second-order valence-electron chi connectivity index (χ2n) is 8.07. The van der Waals surface area contributed by atoms with Gasteiger partial charge in [0.15, 0.2) is 17.8 Å². The Bertz CT molecular complexity index is 1050. The number of carbonyl (C=O) groups is 2. The molecule has 2 aromatic rings. The summed E-state index contributed by atoms with van der Waals surface area (Å²) in [6.07, 6.45) is -1.70. The molecule has 2 amide bonds. The van der Waals surface area contributed by atoms with Crippen LogP contribution >= 0.6 is 0 Å². The van der Waals surface area contributed by atoms with Crippen molar-refractivity contribution >= 4 is 17.6 Å². The second-order valence-corrected chi connectivity index (χ2v) is 8.07. The lowest BCUT2D eigenvalue weighted by atomic mass is 10.2. The number of imidazole rings is 1. The van der Waals surface area contributed by atoms with Gasteiger partial charge in [-0.3, -0.25) is 14.5 Å². The third-order valence-electron chi connectivity index (χ3n) is 5.45. The molecular formula is C22H25F3N4O6. The predicted octanol–water partition coefficient (Wildman–Crippen LogP) is 3.45. The van der Waals surface area contributed by atoms with Gasteiger partial charge in [-0.15, -0.1) is 13.2 Å². The molecule has 2 aliphatic heterocycles. The number of alkyl halides is 3. The van der Waals surface area contributed by atoms with Crippen molar-refractivity contribution in [2.45, 2.75) is 38.3 Å². The molecule has 1 fully saturated rings. The summed E-state index contributed by atoms with van der Waals surface area (Å²) in [5.41, 5.74) is 0.0348. The number of rotatable bonds is 8. The zero-order valence-electron chi connectivity index (χ0n) is 19.0. The monoisotopic (exact) mass is 498 g/mol. The number of fused-ring (bicyclic) bond motifs is 1. The molecule has 4 rings (SSSR count). The summed E-state index contributed by atoms with van der Waals surface area (Å²) in [5, 5.41) is 0. The zero-order chi connectivity index (χ0) is 25.0. The van der Waals surface area contributed by atoms with Gasteiger partial charge in [-0.1, -0.05) is 6.07 Å². The van der Waals surface area contributed by atoms with Gasteiger partial charge in [0.1, 0.15) is 18.0 Å². The highest BCUT2D eigenvalue weighted by Crippen LogP contribution is 2.31. The Morgan fingerprint density at radius 2 is 2.03 bits per heavy atom. The van der Waals surface area contributed by atoms with Crippen molar-refractivity contribution in [1.82, 2.24) is 14.9 Å². The molecule has 35 heavy (non-hydrogen) atoms. The summed E-state index contributed by atoms with van der Waals surface area (Å²) >= 11 is 0. The number of amides is 2.